The summed E-state index contributed by atoms with van der Waals surface area (Å²) in [4.78, 5) is 0. The van der Waals surface area contributed by atoms with Crippen LogP contribution in [0.1, 0.15) is 18.5 Å². The minimum atomic E-state index is -0.188. The van der Waals surface area contributed by atoms with Gasteiger partial charge in [0.25, 0.3) is 0 Å². The number of benzene rings is 2. The van der Waals surface area contributed by atoms with E-state index in [9.17, 15) is 10.2 Å². The van der Waals surface area contributed by atoms with Crippen molar-refractivity contribution in [3.05, 3.63) is 52.5 Å². The number of nitrogens with one attached hydrogen (secondary N) is 1. The van der Waals surface area contributed by atoms with Gasteiger partial charge in [0.1, 0.15) is 11.5 Å². The summed E-state index contributed by atoms with van der Waals surface area (Å²) in [5.74, 6) is 0.180. The topological polar surface area (TPSA) is 52.5 Å². The van der Waals surface area contributed by atoms with Crippen LogP contribution >= 0.6 is 15.9 Å². The Morgan fingerprint density at radius 3 is 2.11 bits per heavy atom. The number of halogens is 1. The molecule has 0 saturated carbocycles. The van der Waals surface area contributed by atoms with E-state index in [1.54, 1.807) is 18.2 Å². The van der Waals surface area contributed by atoms with Gasteiger partial charge in [-0.1, -0.05) is 22.0 Å². The molecule has 0 heterocycles. The second-order valence-electron chi connectivity index (χ2n) is 4.08. The maximum Gasteiger partial charge on any atom is 0.124 e. The van der Waals surface area contributed by atoms with Crippen LogP contribution in [0, 0.1) is 0 Å². The van der Waals surface area contributed by atoms with Crippen molar-refractivity contribution < 1.29 is 10.2 Å². The molecule has 2 aromatic rings. The van der Waals surface area contributed by atoms with Crippen LogP contribution in [0.15, 0.2) is 46.9 Å². The third-order valence-corrected chi connectivity index (χ3v) is 3.25. The van der Waals surface area contributed by atoms with E-state index in [-0.39, 0.29) is 17.5 Å². The third kappa shape index (κ3) is 2.76. The number of hydrogen-bond acceptors (Lipinski definition) is 3. The van der Waals surface area contributed by atoms with Crippen LogP contribution in [0.4, 0.5) is 5.69 Å². The molecule has 3 nitrogen and oxygen atoms in total. The molecule has 0 aromatic heterocycles. The van der Waals surface area contributed by atoms with E-state index in [4.69, 9.17) is 0 Å². The van der Waals surface area contributed by atoms with Crippen molar-refractivity contribution in [2.24, 2.45) is 0 Å². The summed E-state index contributed by atoms with van der Waals surface area (Å²) in [5, 5.41) is 22.8. The van der Waals surface area contributed by atoms with E-state index >= 15 is 0 Å². The summed E-state index contributed by atoms with van der Waals surface area (Å²) in [7, 11) is 0. The highest BCUT2D eigenvalue weighted by molar-refractivity contribution is 9.10. The van der Waals surface area contributed by atoms with Gasteiger partial charge in [-0.3, -0.25) is 0 Å². The minimum absolute atomic E-state index is 0.0899. The average Bonchev–Trinajstić information content (AvgIpc) is 2.32. The highest BCUT2D eigenvalue weighted by Crippen LogP contribution is 2.34. The lowest BCUT2D eigenvalue weighted by Gasteiger charge is -2.18. The number of hydrogen-bond donors (Lipinski definition) is 3. The number of phenols is 2. The standard InChI is InChI=1S/C14H14BrNO2/c1-9(14-12(17)3-2-4-13(14)18)16-11-7-5-10(15)6-8-11/h2-9,16-18H,1H3. The lowest BCUT2D eigenvalue weighted by atomic mass is 10.1. The van der Waals surface area contributed by atoms with E-state index in [0.717, 1.165) is 10.2 Å². The van der Waals surface area contributed by atoms with Gasteiger partial charge >= 0.3 is 0 Å². The molecule has 0 aliphatic carbocycles. The third-order valence-electron chi connectivity index (χ3n) is 2.72. The summed E-state index contributed by atoms with van der Waals surface area (Å²) < 4.78 is 1.01. The first-order valence-electron chi connectivity index (χ1n) is 5.61. The molecular weight excluding hydrogens is 294 g/mol. The van der Waals surface area contributed by atoms with Crippen molar-refractivity contribution in [3.63, 3.8) is 0 Å². The fraction of sp³-hybridized carbons (Fsp3) is 0.143. The van der Waals surface area contributed by atoms with Gasteiger partial charge in [0.15, 0.2) is 0 Å². The molecule has 2 aromatic carbocycles. The lowest BCUT2D eigenvalue weighted by Crippen LogP contribution is -2.07. The van der Waals surface area contributed by atoms with Gasteiger partial charge in [-0.15, -0.1) is 0 Å². The van der Waals surface area contributed by atoms with Gasteiger partial charge in [0.2, 0.25) is 0 Å². The van der Waals surface area contributed by atoms with E-state index in [2.05, 4.69) is 21.2 Å². The van der Waals surface area contributed by atoms with E-state index in [1.807, 2.05) is 31.2 Å². The van der Waals surface area contributed by atoms with Gasteiger partial charge in [-0.05, 0) is 43.3 Å². The van der Waals surface area contributed by atoms with Crippen molar-refractivity contribution in [2.45, 2.75) is 13.0 Å². The summed E-state index contributed by atoms with van der Waals surface area (Å²) in [6.07, 6.45) is 0. The molecule has 4 heteroatoms. The van der Waals surface area contributed by atoms with Crippen molar-refractivity contribution >= 4 is 21.6 Å². The number of phenolic OH excluding ortho intramolecular Hbond substituents is 2. The van der Waals surface area contributed by atoms with Gasteiger partial charge in [0.05, 0.1) is 11.6 Å². The molecule has 0 aliphatic rings. The van der Waals surface area contributed by atoms with Crippen LogP contribution in [0.2, 0.25) is 0 Å². The average molecular weight is 308 g/mol. The van der Waals surface area contributed by atoms with Crippen LogP contribution < -0.4 is 5.32 Å². The quantitative estimate of drug-likeness (QED) is 0.802. The SMILES string of the molecule is CC(Nc1ccc(Br)cc1)c1c(O)cccc1O. The zero-order valence-electron chi connectivity index (χ0n) is 9.89. The Hall–Kier alpha value is -1.68. The molecule has 2 rings (SSSR count). The molecule has 0 amide bonds. The zero-order chi connectivity index (χ0) is 13.1. The molecule has 0 spiro atoms. The first kappa shape index (κ1) is 12.8. The van der Waals surface area contributed by atoms with Crippen molar-refractivity contribution in [3.8, 4) is 11.5 Å². The Balaban J connectivity index is 2.22. The Kier molecular flexibility index (Phi) is 3.77. The predicted octanol–water partition coefficient (Wildman–Crippen LogP) is 4.03. The molecule has 0 bridgehead atoms. The lowest BCUT2D eigenvalue weighted by molar-refractivity contribution is 0.434. The van der Waals surface area contributed by atoms with Gasteiger partial charge < -0.3 is 15.5 Å². The van der Waals surface area contributed by atoms with Gasteiger partial charge in [-0.2, -0.15) is 0 Å². The van der Waals surface area contributed by atoms with E-state index < -0.39 is 0 Å². The summed E-state index contributed by atoms with van der Waals surface area (Å²) in [5.41, 5.74) is 1.42. The zero-order valence-corrected chi connectivity index (χ0v) is 11.5. The molecule has 94 valence electrons. The molecule has 0 aliphatic heterocycles. The highest BCUT2D eigenvalue weighted by atomic mass is 79.9. The molecule has 1 atom stereocenters. The van der Waals surface area contributed by atoms with Crippen LogP contribution in [0.25, 0.3) is 0 Å². The second-order valence-corrected chi connectivity index (χ2v) is 5.00. The molecule has 0 fully saturated rings. The van der Waals surface area contributed by atoms with Crippen molar-refractivity contribution in [1.82, 2.24) is 0 Å². The first-order chi connectivity index (χ1) is 8.58. The van der Waals surface area contributed by atoms with Crippen LogP contribution in [0.3, 0.4) is 0 Å². The van der Waals surface area contributed by atoms with Crippen molar-refractivity contribution in [2.75, 3.05) is 5.32 Å². The largest absolute Gasteiger partial charge is 0.507 e. The predicted molar refractivity (Wildman–Crippen MR) is 76.0 cm³/mol. The Labute approximate surface area is 114 Å². The summed E-state index contributed by atoms with van der Waals surface area (Å²) in [6, 6.07) is 12.3. The maximum atomic E-state index is 9.78. The Morgan fingerprint density at radius 2 is 1.56 bits per heavy atom. The molecule has 0 saturated heterocycles. The number of rotatable bonds is 3. The summed E-state index contributed by atoms with van der Waals surface area (Å²) >= 11 is 3.37. The van der Waals surface area contributed by atoms with E-state index in [0.29, 0.717) is 5.56 Å². The molecule has 18 heavy (non-hydrogen) atoms. The Morgan fingerprint density at radius 1 is 1.00 bits per heavy atom. The fourth-order valence-corrected chi connectivity index (χ4v) is 2.12. The number of aromatic hydroxyl groups is 2. The van der Waals surface area contributed by atoms with Crippen molar-refractivity contribution in [1.29, 1.82) is 0 Å². The fourth-order valence-electron chi connectivity index (χ4n) is 1.85. The second kappa shape index (κ2) is 5.31. The van der Waals surface area contributed by atoms with Gasteiger partial charge in [0, 0.05) is 10.2 Å². The Bertz CT molecular complexity index is 520. The van der Waals surface area contributed by atoms with Crippen LogP contribution in [-0.4, -0.2) is 10.2 Å². The van der Waals surface area contributed by atoms with Crippen LogP contribution in [0.5, 0.6) is 11.5 Å². The normalized spacial score (nSPS) is 12.1. The first-order valence-corrected chi connectivity index (χ1v) is 6.40. The molecule has 1 unspecified atom stereocenters. The highest BCUT2D eigenvalue weighted by Gasteiger charge is 2.14. The molecule has 3 N–H and O–H groups in total. The monoisotopic (exact) mass is 307 g/mol. The number of anilines is 1. The minimum Gasteiger partial charge on any atom is -0.507 e. The molecular formula is C14H14BrNO2. The maximum absolute atomic E-state index is 9.78. The molecule has 0 radical (unpaired) electrons. The van der Waals surface area contributed by atoms with Crippen LogP contribution in [-0.2, 0) is 0 Å². The summed E-state index contributed by atoms with van der Waals surface area (Å²) in [6.45, 7) is 1.89. The smallest absolute Gasteiger partial charge is 0.124 e. The van der Waals surface area contributed by atoms with Gasteiger partial charge in [-0.25, -0.2) is 0 Å². The van der Waals surface area contributed by atoms with E-state index in [1.165, 1.54) is 0 Å².